The van der Waals surface area contributed by atoms with Gasteiger partial charge in [0.25, 0.3) is 5.56 Å². The van der Waals surface area contributed by atoms with Crippen LogP contribution in [0.1, 0.15) is 31.0 Å². The highest BCUT2D eigenvalue weighted by Gasteiger charge is 2.07. The lowest BCUT2D eigenvalue weighted by atomic mass is 10.1. The Labute approximate surface area is 112 Å². The van der Waals surface area contributed by atoms with Gasteiger partial charge in [0.1, 0.15) is 5.82 Å². The van der Waals surface area contributed by atoms with E-state index in [-0.39, 0.29) is 11.5 Å². The Balaban J connectivity index is 2.38. The van der Waals surface area contributed by atoms with Crippen LogP contribution < -0.4 is 5.56 Å². The molecule has 4 nitrogen and oxygen atoms in total. The zero-order chi connectivity index (χ0) is 13.8. The summed E-state index contributed by atoms with van der Waals surface area (Å²) in [5.74, 6) is 0.842. The molecular weight excluding hydrogens is 240 g/mol. The van der Waals surface area contributed by atoms with E-state index < -0.39 is 0 Å². The maximum absolute atomic E-state index is 11.6. The van der Waals surface area contributed by atoms with Crippen molar-refractivity contribution in [2.75, 3.05) is 7.11 Å². The zero-order valence-corrected chi connectivity index (χ0v) is 11.4. The van der Waals surface area contributed by atoms with Crippen molar-refractivity contribution in [1.82, 2.24) is 9.97 Å². The predicted octanol–water partition coefficient (Wildman–Crippen LogP) is 2.71. The number of nitrogens with one attached hydrogen (secondary N) is 1. The smallest absolute Gasteiger partial charge is 0.251 e. The summed E-state index contributed by atoms with van der Waals surface area (Å²) in [5.41, 5.74) is 2.68. The molecule has 2 rings (SSSR count). The number of rotatable bonds is 4. The van der Waals surface area contributed by atoms with E-state index in [0.29, 0.717) is 12.4 Å². The largest absolute Gasteiger partial charge is 0.380 e. The van der Waals surface area contributed by atoms with E-state index in [9.17, 15) is 4.79 Å². The van der Waals surface area contributed by atoms with Gasteiger partial charge in [-0.05, 0) is 11.5 Å². The molecule has 0 radical (unpaired) electrons. The molecule has 0 aliphatic carbocycles. The lowest BCUT2D eigenvalue weighted by Gasteiger charge is -2.07. The van der Waals surface area contributed by atoms with Crippen LogP contribution >= 0.6 is 0 Å². The van der Waals surface area contributed by atoms with Gasteiger partial charge in [0.15, 0.2) is 0 Å². The van der Waals surface area contributed by atoms with E-state index in [1.54, 1.807) is 13.2 Å². The van der Waals surface area contributed by atoms with Crippen LogP contribution in [0, 0.1) is 0 Å². The minimum Gasteiger partial charge on any atom is -0.380 e. The lowest BCUT2D eigenvalue weighted by molar-refractivity contribution is 0.185. The minimum absolute atomic E-state index is 0.116. The summed E-state index contributed by atoms with van der Waals surface area (Å²) in [4.78, 5) is 18.9. The summed E-state index contributed by atoms with van der Waals surface area (Å²) in [6.45, 7) is 4.62. The molecule has 0 fully saturated rings. The summed E-state index contributed by atoms with van der Waals surface area (Å²) in [6.07, 6.45) is 0. The van der Waals surface area contributed by atoms with Crippen molar-refractivity contribution in [2.45, 2.75) is 26.4 Å². The molecule has 1 N–H and O–H groups in total. The van der Waals surface area contributed by atoms with E-state index in [0.717, 1.165) is 16.8 Å². The molecule has 19 heavy (non-hydrogen) atoms. The van der Waals surface area contributed by atoms with Gasteiger partial charge in [0.2, 0.25) is 0 Å². The average molecular weight is 258 g/mol. The van der Waals surface area contributed by atoms with E-state index in [1.807, 2.05) is 38.1 Å². The molecule has 1 heterocycles. The van der Waals surface area contributed by atoms with Crippen molar-refractivity contribution in [3.05, 3.63) is 51.9 Å². The molecule has 0 spiro atoms. The van der Waals surface area contributed by atoms with Gasteiger partial charge in [0, 0.05) is 18.7 Å². The van der Waals surface area contributed by atoms with Gasteiger partial charge in [-0.2, -0.15) is 0 Å². The Hall–Kier alpha value is -1.94. The standard InChI is InChI=1S/C15H18N2O2/c1-10(2)13-8-14(18)17-15(16-13)12-6-4-11(5-7-12)9-19-3/h4-8,10H,9H2,1-3H3,(H,16,17,18). The normalized spacial score (nSPS) is 10.9. The monoisotopic (exact) mass is 258 g/mol. The van der Waals surface area contributed by atoms with Gasteiger partial charge in [0.05, 0.1) is 12.3 Å². The second-order valence-electron chi connectivity index (χ2n) is 4.80. The third kappa shape index (κ3) is 3.29. The summed E-state index contributed by atoms with van der Waals surface area (Å²) in [6, 6.07) is 9.38. The number of benzene rings is 1. The Morgan fingerprint density at radius 3 is 2.53 bits per heavy atom. The van der Waals surface area contributed by atoms with Gasteiger partial charge in [-0.15, -0.1) is 0 Å². The van der Waals surface area contributed by atoms with Crippen molar-refractivity contribution in [3.8, 4) is 11.4 Å². The van der Waals surface area contributed by atoms with Crippen molar-refractivity contribution in [3.63, 3.8) is 0 Å². The highest BCUT2D eigenvalue weighted by atomic mass is 16.5. The summed E-state index contributed by atoms with van der Waals surface area (Å²) in [7, 11) is 1.67. The molecule has 0 bridgehead atoms. The first-order chi connectivity index (χ1) is 9.10. The van der Waals surface area contributed by atoms with Crippen molar-refractivity contribution in [2.24, 2.45) is 0 Å². The minimum atomic E-state index is -0.116. The van der Waals surface area contributed by atoms with Gasteiger partial charge < -0.3 is 9.72 Å². The highest BCUT2D eigenvalue weighted by molar-refractivity contribution is 5.55. The Bertz CT molecular complexity index is 600. The maximum atomic E-state index is 11.6. The molecule has 0 saturated heterocycles. The predicted molar refractivity (Wildman–Crippen MR) is 75.1 cm³/mol. The molecule has 1 aromatic carbocycles. The molecular formula is C15H18N2O2. The number of methoxy groups -OCH3 is 1. The van der Waals surface area contributed by atoms with Crippen LogP contribution in [0.3, 0.4) is 0 Å². The van der Waals surface area contributed by atoms with Crippen LogP contribution in [0.4, 0.5) is 0 Å². The molecule has 100 valence electrons. The van der Waals surface area contributed by atoms with E-state index >= 15 is 0 Å². The summed E-state index contributed by atoms with van der Waals surface area (Å²) < 4.78 is 5.07. The molecule has 1 aromatic heterocycles. The van der Waals surface area contributed by atoms with E-state index in [4.69, 9.17) is 4.74 Å². The van der Waals surface area contributed by atoms with Crippen LogP contribution in [0.5, 0.6) is 0 Å². The van der Waals surface area contributed by atoms with E-state index in [1.165, 1.54) is 0 Å². The van der Waals surface area contributed by atoms with Crippen LogP contribution in [0.15, 0.2) is 35.1 Å². The van der Waals surface area contributed by atoms with Crippen LogP contribution in [0.2, 0.25) is 0 Å². The molecule has 2 aromatic rings. The number of ether oxygens (including phenoxy) is 1. The first-order valence-electron chi connectivity index (χ1n) is 6.29. The molecule has 0 unspecified atom stereocenters. The number of nitrogens with zero attached hydrogens (tertiary/aromatic N) is 1. The van der Waals surface area contributed by atoms with Crippen molar-refractivity contribution in [1.29, 1.82) is 0 Å². The zero-order valence-electron chi connectivity index (χ0n) is 11.4. The van der Waals surface area contributed by atoms with Gasteiger partial charge >= 0.3 is 0 Å². The Morgan fingerprint density at radius 1 is 1.26 bits per heavy atom. The van der Waals surface area contributed by atoms with E-state index in [2.05, 4.69) is 9.97 Å². The molecule has 0 saturated carbocycles. The summed E-state index contributed by atoms with van der Waals surface area (Å²) >= 11 is 0. The molecule has 0 amide bonds. The third-order valence-corrected chi connectivity index (χ3v) is 2.89. The first-order valence-corrected chi connectivity index (χ1v) is 6.29. The second kappa shape index (κ2) is 5.80. The van der Waals surface area contributed by atoms with Crippen molar-refractivity contribution < 1.29 is 4.74 Å². The third-order valence-electron chi connectivity index (χ3n) is 2.89. The number of hydrogen-bond acceptors (Lipinski definition) is 3. The maximum Gasteiger partial charge on any atom is 0.251 e. The molecule has 0 aliphatic heterocycles. The fraction of sp³-hybridized carbons (Fsp3) is 0.333. The van der Waals surface area contributed by atoms with Gasteiger partial charge in [-0.25, -0.2) is 4.98 Å². The lowest BCUT2D eigenvalue weighted by Crippen LogP contribution is -2.11. The molecule has 4 heteroatoms. The van der Waals surface area contributed by atoms with Gasteiger partial charge in [-0.1, -0.05) is 38.1 Å². The van der Waals surface area contributed by atoms with Crippen LogP contribution in [0.25, 0.3) is 11.4 Å². The topological polar surface area (TPSA) is 55.0 Å². The number of aromatic nitrogens is 2. The fourth-order valence-corrected chi connectivity index (χ4v) is 1.83. The summed E-state index contributed by atoms with van der Waals surface area (Å²) in [5, 5.41) is 0. The first kappa shape index (κ1) is 13.5. The SMILES string of the molecule is COCc1ccc(-c2nc(C(C)C)cc(=O)[nH]2)cc1. The average Bonchev–Trinajstić information content (AvgIpc) is 2.39. The van der Waals surface area contributed by atoms with Crippen LogP contribution in [-0.4, -0.2) is 17.1 Å². The van der Waals surface area contributed by atoms with Crippen LogP contribution in [-0.2, 0) is 11.3 Å². The molecule has 0 atom stereocenters. The molecule has 0 aliphatic rings. The number of hydrogen-bond donors (Lipinski definition) is 1. The number of H-pyrrole nitrogens is 1. The Kier molecular flexibility index (Phi) is 4.12. The highest BCUT2D eigenvalue weighted by Crippen LogP contribution is 2.17. The number of aromatic amines is 1. The van der Waals surface area contributed by atoms with Crippen molar-refractivity contribution >= 4 is 0 Å². The van der Waals surface area contributed by atoms with Gasteiger partial charge in [-0.3, -0.25) is 4.79 Å². The fourth-order valence-electron chi connectivity index (χ4n) is 1.83. The quantitative estimate of drug-likeness (QED) is 0.917. The Morgan fingerprint density at radius 2 is 1.95 bits per heavy atom. The second-order valence-corrected chi connectivity index (χ2v) is 4.80.